The van der Waals surface area contributed by atoms with Gasteiger partial charge in [0.2, 0.25) is 0 Å². The molecule has 2 aromatic rings. The maximum atomic E-state index is 6.01. The summed E-state index contributed by atoms with van der Waals surface area (Å²) in [7, 11) is 4.22. The Bertz CT molecular complexity index is 770. The number of hydrogen-bond donors (Lipinski definition) is 1. The quantitative estimate of drug-likeness (QED) is 0.426. The molecule has 26 heavy (non-hydrogen) atoms. The van der Waals surface area contributed by atoms with Gasteiger partial charge in [-0.2, -0.15) is 0 Å². The maximum Gasteiger partial charge on any atom is 0.191 e. The van der Waals surface area contributed by atoms with E-state index in [0.29, 0.717) is 11.9 Å². The first kappa shape index (κ1) is 19.9. The van der Waals surface area contributed by atoms with Crippen LogP contribution < -0.4 is 5.32 Å². The summed E-state index contributed by atoms with van der Waals surface area (Å²) >= 11 is 3.48. The Morgan fingerprint density at radius 3 is 2.77 bits per heavy atom. The second-order valence-corrected chi connectivity index (χ2v) is 10.6. The van der Waals surface area contributed by atoms with Crippen LogP contribution in [0.5, 0.6) is 0 Å². The van der Waals surface area contributed by atoms with Gasteiger partial charge in [0.05, 0.1) is 17.6 Å². The molecule has 144 valence electrons. The number of hydrogen-bond acceptors (Lipinski definition) is 7. The maximum absolute atomic E-state index is 6.01. The van der Waals surface area contributed by atoms with Crippen LogP contribution >= 0.6 is 23.1 Å². The standard InChI is InChI=1S/C19H30N4OS2/c1-12(2)25-18-21-16(20-8-7-9-23(5)6)15-13-10-19(3,4)24-11-14(13)26-17(15)22-18/h12H,7-11H2,1-6H3,(H,20,21,22). The van der Waals surface area contributed by atoms with E-state index in [9.17, 15) is 0 Å². The van der Waals surface area contributed by atoms with Crippen molar-refractivity contribution in [3.63, 3.8) is 0 Å². The molecule has 7 heteroatoms. The first-order valence-corrected chi connectivity index (χ1v) is 11.0. The Labute approximate surface area is 164 Å². The number of anilines is 1. The minimum Gasteiger partial charge on any atom is -0.370 e. The third kappa shape index (κ3) is 4.68. The second kappa shape index (κ2) is 8.00. The largest absolute Gasteiger partial charge is 0.370 e. The van der Waals surface area contributed by atoms with E-state index >= 15 is 0 Å². The van der Waals surface area contributed by atoms with Crippen molar-refractivity contribution in [3.05, 3.63) is 10.4 Å². The molecule has 0 unspecified atom stereocenters. The normalized spacial score (nSPS) is 16.5. The zero-order valence-corrected chi connectivity index (χ0v) is 18.3. The van der Waals surface area contributed by atoms with E-state index in [1.807, 2.05) is 0 Å². The lowest BCUT2D eigenvalue weighted by molar-refractivity contribution is -0.0379. The van der Waals surface area contributed by atoms with Gasteiger partial charge >= 0.3 is 0 Å². The Morgan fingerprint density at radius 1 is 1.31 bits per heavy atom. The molecular weight excluding hydrogens is 364 g/mol. The highest BCUT2D eigenvalue weighted by Crippen LogP contribution is 2.41. The van der Waals surface area contributed by atoms with Gasteiger partial charge in [-0.25, -0.2) is 9.97 Å². The number of aromatic nitrogens is 2. The summed E-state index contributed by atoms with van der Waals surface area (Å²) < 4.78 is 6.01. The highest BCUT2D eigenvalue weighted by atomic mass is 32.2. The molecule has 3 rings (SSSR count). The minimum atomic E-state index is -0.130. The summed E-state index contributed by atoms with van der Waals surface area (Å²) in [5.41, 5.74) is 1.24. The molecule has 1 aliphatic rings. The number of rotatable bonds is 7. The second-order valence-electron chi connectivity index (χ2n) is 8.01. The summed E-state index contributed by atoms with van der Waals surface area (Å²) in [6.07, 6.45) is 2.00. The minimum absolute atomic E-state index is 0.130. The van der Waals surface area contributed by atoms with Crippen molar-refractivity contribution in [3.8, 4) is 0 Å². The molecular formula is C19H30N4OS2. The van der Waals surface area contributed by atoms with Crippen molar-refractivity contribution in [2.45, 2.75) is 63.2 Å². The molecule has 0 aromatic carbocycles. The van der Waals surface area contributed by atoms with Crippen LogP contribution in [0.25, 0.3) is 10.2 Å². The third-order valence-electron chi connectivity index (χ3n) is 4.33. The van der Waals surface area contributed by atoms with E-state index in [1.165, 1.54) is 15.8 Å². The molecule has 1 N–H and O–H groups in total. The van der Waals surface area contributed by atoms with E-state index in [2.05, 4.69) is 52.0 Å². The predicted octanol–water partition coefficient (Wildman–Crippen LogP) is 4.41. The van der Waals surface area contributed by atoms with Crippen LogP contribution in [0, 0.1) is 0 Å². The van der Waals surface area contributed by atoms with Gasteiger partial charge in [0.1, 0.15) is 10.6 Å². The Balaban J connectivity index is 1.96. The lowest BCUT2D eigenvalue weighted by atomic mass is 9.94. The van der Waals surface area contributed by atoms with Crippen molar-refractivity contribution in [2.75, 3.05) is 32.5 Å². The van der Waals surface area contributed by atoms with Crippen LogP contribution in [0.1, 0.15) is 44.6 Å². The fraction of sp³-hybridized carbons (Fsp3) is 0.684. The first-order valence-electron chi connectivity index (χ1n) is 9.26. The molecule has 0 fully saturated rings. The number of nitrogens with one attached hydrogen (secondary N) is 1. The predicted molar refractivity (Wildman–Crippen MR) is 113 cm³/mol. The lowest BCUT2D eigenvalue weighted by Crippen LogP contribution is -2.31. The molecule has 0 radical (unpaired) electrons. The molecule has 2 aromatic heterocycles. The van der Waals surface area contributed by atoms with E-state index in [1.54, 1.807) is 23.1 Å². The van der Waals surface area contributed by atoms with Crippen molar-refractivity contribution >= 4 is 39.1 Å². The van der Waals surface area contributed by atoms with Crippen LogP contribution in [0.4, 0.5) is 5.82 Å². The molecule has 0 spiro atoms. The molecule has 3 heterocycles. The van der Waals surface area contributed by atoms with Gasteiger partial charge < -0.3 is 15.0 Å². The van der Waals surface area contributed by atoms with Gasteiger partial charge in [0.25, 0.3) is 0 Å². The molecule has 0 saturated heterocycles. The zero-order chi connectivity index (χ0) is 18.9. The van der Waals surface area contributed by atoms with Gasteiger partial charge in [-0.3, -0.25) is 0 Å². The van der Waals surface area contributed by atoms with Crippen molar-refractivity contribution in [1.82, 2.24) is 14.9 Å². The van der Waals surface area contributed by atoms with Crippen LogP contribution in [0.3, 0.4) is 0 Å². The highest BCUT2D eigenvalue weighted by Gasteiger charge is 2.31. The van der Waals surface area contributed by atoms with E-state index in [4.69, 9.17) is 14.7 Å². The lowest BCUT2D eigenvalue weighted by Gasteiger charge is -2.30. The average molecular weight is 395 g/mol. The van der Waals surface area contributed by atoms with Crippen molar-refractivity contribution in [2.24, 2.45) is 0 Å². The summed E-state index contributed by atoms with van der Waals surface area (Å²) in [5.74, 6) is 0.993. The molecule has 0 saturated carbocycles. The Kier molecular flexibility index (Phi) is 6.11. The molecule has 0 bridgehead atoms. The van der Waals surface area contributed by atoms with Gasteiger partial charge in [-0.05, 0) is 46.5 Å². The molecule has 5 nitrogen and oxygen atoms in total. The molecule has 0 amide bonds. The number of thiophene rings is 1. The highest BCUT2D eigenvalue weighted by molar-refractivity contribution is 7.99. The van der Waals surface area contributed by atoms with Crippen molar-refractivity contribution in [1.29, 1.82) is 0 Å². The summed E-state index contributed by atoms with van der Waals surface area (Å²) in [5, 5.41) is 6.13. The summed E-state index contributed by atoms with van der Waals surface area (Å²) in [4.78, 5) is 14.3. The number of ether oxygens (including phenoxy) is 1. The molecule has 0 atom stereocenters. The SMILES string of the molecule is CC(C)Sc1nc(NCCCN(C)C)c2c3c(sc2n1)COC(C)(C)C3. The number of nitrogens with zero attached hydrogens (tertiary/aromatic N) is 3. The molecule has 1 aliphatic heterocycles. The monoisotopic (exact) mass is 394 g/mol. The topological polar surface area (TPSA) is 50.3 Å². The van der Waals surface area contributed by atoms with Gasteiger partial charge in [-0.15, -0.1) is 11.3 Å². The van der Waals surface area contributed by atoms with Crippen LogP contribution in [0.15, 0.2) is 5.16 Å². The average Bonchev–Trinajstić information content (AvgIpc) is 2.87. The number of fused-ring (bicyclic) bond motifs is 3. The summed E-state index contributed by atoms with van der Waals surface area (Å²) in [6, 6.07) is 0. The third-order valence-corrected chi connectivity index (χ3v) is 6.29. The van der Waals surface area contributed by atoms with Crippen LogP contribution in [-0.2, 0) is 17.8 Å². The van der Waals surface area contributed by atoms with Crippen LogP contribution in [0.2, 0.25) is 0 Å². The van der Waals surface area contributed by atoms with Crippen molar-refractivity contribution < 1.29 is 4.74 Å². The van der Waals surface area contributed by atoms with Gasteiger partial charge in [-0.1, -0.05) is 25.6 Å². The Hall–Kier alpha value is -0.890. The fourth-order valence-corrected chi connectivity index (χ4v) is 4.99. The van der Waals surface area contributed by atoms with E-state index in [0.717, 1.165) is 41.7 Å². The van der Waals surface area contributed by atoms with E-state index in [-0.39, 0.29) is 5.60 Å². The van der Waals surface area contributed by atoms with Gasteiger partial charge in [0.15, 0.2) is 5.16 Å². The first-order chi connectivity index (χ1) is 12.2. The fourth-order valence-electron chi connectivity index (χ4n) is 3.12. The van der Waals surface area contributed by atoms with Gasteiger partial charge in [0, 0.05) is 23.1 Å². The van der Waals surface area contributed by atoms with Crippen LogP contribution in [-0.4, -0.2) is 52.9 Å². The molecule has 0 aliphatic carbocycles. The van der Waals surface area contributed by atoms with E-state index < -0.39 is 0 Å². The Morgan fingerprint density at radius 2 is 2.08 bits per heavy atom. The summed E-state index contributed by atoms with van der Waals surface area (Å²) in [6.45, 7) is 11.3. The zero-order valence-electron chi connectivity index (χ0n) is 16.7. The smallest absolute Gasteiger partial charge is 0.191 e. The number of thioether (sulfide) groups is 1.